The first kappa shape index (κ1) is 19.5. The Labute approximate surface area is 162 Å². The van der Waals surface area contributed by atoms with Crippen LogP contribution in [0.5, 0.6) is 0 Å². The van der Waals surface area contributed by atoms with Crippen LogP contribution in [-0.2, 0) is 16.6 Å². The van der Waals surface area contributed by atoms with Crippen LogP contribution in [0.15, 0.2) is 57.8 Å². The summed E-state index contributed by atoms with van der Waals surface area (Å²) in [7, 11) is -1.78. The van der Waals surface area contributed by atoms with Crippen LogP contribution in [0.25, 0.3) is 11.5 Å². The molecule has 0 bridgehead atoms. The molecule has 142 valence electrons. The molecule has 9 heteroatoms. The van der Waals surface area contributed by atoms with E-state index in [0.717, 1.165) is 5.56 Å². The molecule has 2 N–H and O–H groups in total. The van der Waals surface area contributed by atoms with E-state index in [-0.39, 0.29) is 10.9 Å². The van der Waals surface area contributed by atoms with Gasteiger partial charge < -0.3 is 4.42 Å². The van der Waals surface area contributed by atoms with Crippen molar-refractivity contribution in [1.82, 2.24) is 15.1 Å². The second kappa shape index (κ2) is 7.77. The van der Waals surface area contributed by atoms with E-state index >= 15 is 0 Å². The Morgan fingerprint density at radius 3 is 2.44 bits per heavy atom. The molecule has 0 spiro atoms. The second-order valence-electron chi connectivity index (χ2n) is 6.19. The SMILES string of the molecule is CC(c1ccc(S(N)(=O)=O)cc1)N(C)Cc1nnc(-c2ccccc2Cl)o1. The van der Waals surface area contributed by atoms with Crippen LogP contribution in [0, 0.1) is 0 Å². The van der Waals surface area contributed by atoms with E-state index in [1.165, 1.54) is 12.1 Å². The Morgan fingerprint density at radius 1 is 1.15 bits per heavy atom. The molecule has 1 atom stereocenters. The van der Waals surface area contributed by atoms with Gasteiger partial charge in [-0.25, -0.2) is 13.6 Å². The zero-order chi connectivity index (χ0) is 19.6. The van der Waals surface area contributed by atoms with Crippen LogP contribution >= 0.6 is 11.6 Å². The standard InChI is InChI=1S/C18H19ClN4O3S/c1-12(13-7-9-14(10-8-13)27(20,24)25)23(2)11-17-21-22-18(26-17)15-5-3-4-6-16(15)19/h3-10,12H,11H2,1-2H3,(H2,20,24,25). The number of sulfonamides is 1. The first-order valence-electron chi connectivity index (χ1n) is 8.16. The van der Waals surface area contributed by atoms with Gasteiger partial charge in [-0.3, -0.25) is 4.90 Å². The summed E-state index contributed by atoms with van der Waals surface area (Å²) in [6.07, 6.45) is 0. The zero-order valence-electron chi connectivity index (χ0n) is 14.8. The predicted molar refractivity (Wildman–Crippen MR) is 102 cm³/mol. The molecule has 0 aliphatic rings. The first-order valence-corrected chi connectivity index (χ1v) is 10.1. The van der Waals surface area contributed by atoms with E-state index in [1.807, 2.05) is 37.1 Å². The Morgan fingerprint density at radius 2 is 1.81 bits per heavy atom. The van der Waals surface area contributed by atoms with E-state index < -0.39 is 10.0 Å². The van der Waals surface area contributed by atoms with E-state index in [0.29, 0.717) is 28.9 Å². The van der Waals surface area contributed by atoms with Crippen molar-refractivity contribution < 1.29 is 12.8 Å². The van der Waals surface area contributed by atoms with Crippen molar-refractivity contribution in [2.75, 3.05) is 7.05 Å². The normalized spacial score (nSPS) is 13.1. The lowest BCUT2D eigenvalue weighted by Gasteiger charge is -2.23. The van der Waals surface area contributed by atoms with Gasteiger partial charge in [0.15, 0.2) is 0 Å². The zero-order valence-corrected chi connectivity index (χ0v) is 16.4. The molecule has 7 nitrogen and oxygen atoms in total. The molecule has 0 amide bonds. The monoisotopic (exact) mass is 406 g/mol. The molecule has 3 aromatic rings. The number of nitrogens with zero attached hydrogens (tertiary/aromatic N) is 3. The van der Waals surface area contributed by atoms with E-state index in [2.05, 4.69) is 10.2 Å². The number of halogens is 1. The van der Waals surface area contributed by atoms with Crippen LogP contribution in [0.3, 0.4) is 0 Å². The third-order valence-corrected chi connectivity index (χ3v) is 5.57. The van der Waals surface area contributed by atoms with Gasteiger partial charge in [-0.2, -0.15) is 0 Å². The minimum Gasteiger partial charge on any atom is -0.419 e. The number of rotatable bonds is 6. The van der Waals surface area contributed by atoms with Gasteiger partial charge in [0, 0.05) is 6.04 Å². The molecule has 1 aromatic heterocycles. The Bertz CT molecular complexity index is 1030. The highest BCUT2D eigenvalue weighted by atomic mass is 35.5. The average Bonchev–Trinajstić information content (AvgIpc) is 3.09. The Kier molecular flexibility index (Phi) is 5.61. The highest BCUT2D eigenvalue weighted by Gasteiger charge is 2.17. The van der Waals surface area contributed by atoms with Crippen molar-refractivity contribution >= 4 is 21.6 Å². The molecule has 0 saturated heterocycles. The molecule has 0 fully saturated rings. The molecule has 0 saturated carbocycles. The topological polar surface area (TPSA) is 102 Å². The molecule has 27 heavy (non-hydrogen) atoms. The van der Waals surface area contributed by atoms with Crippen molar-refractivity contribution in [1.29, 1.82) is 0 Å². The lowest BCUT2D eigenvalue weighted by molar-refractivity contribution is 0.228. The van der Waals surface area contributed by atoms with Gasteiger partial charge in [0.05, 0.1) is 22.0 Å². The van der Waals surface area contributed by atoms with Crippen molar-refractivity contribution in [3.63, 3.8) is 0 Å². The molecule has 1 unspecified atom stereocenters. The Balaban J connectivity index is 1.72. The van der Waals surface area contributed by atoms with Crippen molar-refractivity contribution in [2.45, 2.75) is 24.4 Å². The van der Waals surface area contributed by atoms with Gasteiger partial charge in [0.25, 0.3) is 0 Å². The number of nitrogens with two attached hydrogens (primary N) is 1. The number of hydrogen-bond acceptors (Lipinski definition) is 6. The minimum atomic E-state index is -3.70. The lowest BCUT2D eigenvalue weighted by atomic mass is 10.1. The van der Waals surface area contributed by atoms with Crippen LogP contribution in [0.2, 0.25) is 5.02 Å². The molecule has 3 rings (SSSR count). The Hall–Kier alpha value is -2.26. The van der Waals surface area contributed by atoms with Gasteiger partial charge in [0.1, 0.15) is 0 Å². The lowest BCUT2D eigenvalue weighted by Crippen LogP contribution is -2.22. The van der Waals surface area contributed by atoms with Crippen molar-refractivity contribution in [2.24, 2.45) is 5.14 Å². The van der Waals surface area contributed by atoms with Gasteiger partial charge in [-0.05, 0) is 43.8 Å². The van der Waals surface area contributed by atoms with Gasteiger partial charge in [-0.15, -0.1) is 10.2 Å². The minimum absolute atomic E-state index is 0.00445. The molecule has 1 heterocycles. The third-order valence-electron chi connectivity index (χ3n) is 4.31. The summed E-state index contributed by atoms with van der Waals surface area (Å²) >= 11 is 6.16. The molecular weight excluding hydrogens is 388 g/mol. The molecule has 0 aliphatic heterocycles. The average molecular weight is 407 g/mol. The molecule has 0 aliphatic carbocycles. The maximum absolute atomic E-state index is 11.4. The van der Waals surface area contributed by atoms with Gasteiger partial charge in [-0.1, -0.05) is 35.9 Å². The summed E-state index contributed by atoms with van der Waals surface area (Å²) in [6.45, 7) is 2.42. The maximum Gasteiger partial charge on any atom is 0.249 e. The number of aromatic nitrogens is 2. The predicted octanol–water partition coefficient (Wildman–Crippen LogP) is 3.23. The smallest absolute Gasteiger partial charge is 0.249 e. The first-order chi connectivity index (χ1) is 12.8. The van der Waals surface area contributed by atoms with Crippen LogP contribution in [0.4, 0.5) is 0 Å². The fourth-order valence-electron chi connectivity index (χ4n) is 2.60. The summed E-state index contributed by atoms with van der Waals surface area (Å²) in [5, 5.41) is 13.8. The van der Waals surface area contributed by atoms with Crippen LogP contribution < -0.4 is 5.14 Å². The van der Waals surface area contributed by atoms with E-state index in [1.54, 1.807) is 18.2 Å². The van der Waals surface area contributed by atoms with Crippen molar-refractivity contribution in [3.8, 4) is 11.5 Å². The summed E-state index contributed by atoms with van der Waals surface area (Å²) in [5.74, 6) is 0.828. The number of primary sulfonamides is 1. The summed E-state index contributed by atoms with van der Waals surface area (Å²) in [5.41, 5.74) is 1.63. The fraction of sp³-hybridized carbons (Fsp3) is 0.222. The summed E-state index contributed by atoms with van der Waals surface area (Å²) in [6, 6.07) is 13.7. The third kappa shape index (κ3) is 4.54. The highest BCUT2D eigenvalue weighted by molar-refractivity contribution is 7.89. The van der Waals surface area contributed by atoms with Crippen LogP contribution in [0.1, 0.15) is 24.4 Å². The quantitative estimate of drug-likeness (QED) is 0.674. The summed E-state index contributed by atoms with van der Waals surface area (Å²) < 4.78 is 28.5. The largest absolute Gasteiger partial charge is 0.419 e. The fourth-order valence-corrected chi connectivity index (χ4v) is 3.33. The molecule has 0 radical (unpaired) electrons. The molecular formula is C18H19ClN4O3S. The van der Waals surface area contributed by atoms with E-state index in [9.17, 15) is 8.42 Å². The highest BCUT2D eigenvalue weighted by Crippen LogP contribution is 2.27. The van der Waals surface area contributed by atoms with Gasteiger partial charge >= 0.3 is 0 Å². The van der Waals surface area contributed by atoms with Crippen LogP contribution in [-0.4, -0.2) is 30.6 Å². The van der Waals surface area contributed by atoms with Crippen molar-refractivity contribution in [3.05, 3.63) is 65.0 Å². The maximum atomic E-state index is 11.4. The van der Waals surface area contributed by atoms with E-state index in [4.69, 9.17) is 21.2 Å². The number of benzene rings is 2. The van der Waals surface area contributed by atoms with Gasteiger partial charge in [0.2, 0.25) is 21.8 Å². The number of hydrogen-bond donors (Lipinski definition) is 1. The second-order valence-corrected chi connectivity index (χ2v) is 8.15. The molecule has 2 aromatic carbocycles. The summed E-state index contributed by atoms with van der Waals surface area (Å²) in [4.78, 5) is 2.10.